The summed E-state index contributed by atoms with van der Waals surface area (Å²) in [6.07, 6.45) is 0. The highest BCUT2D eigenvalue weighted by atomic mass is 32.2. The van der Waals surface area contributed by atoms with Crippen molar-refractivity contribution in [3.8, 4) is 22.9 Å². The maximum atomic E-state index is 12.4. The number of H-pyrrole nitrogens is 1. The van der Waals surface area contributed by atoms with Gasteiger partial charge < -0.3 is 14.8 Å². The molecule has 33 heavy (non-hydrogen) atoms. The number of hydrogen-bond acceptors (Lipinski definition) is 7. The van der Waals surface area contributed by atoms with Crippen molar-refractivity contribution in [1.29, 1.82) is 0 Å². The average Bonchev–Trinajstić information content (AvgIpc) is 3.22. The molecule has 0 fully saturated rings. The summed E-state index contributed by atoms with van der Waals surface area (Å²) in [6.45, 7) is 2.88. The highest BCUT2D eigenvalue weighted by Gasteiger charge is 2.13. The van der Waals surface area contributed by atoms with Crippen LogP contribution in [0.15, 0.2) is 64.5 Å². The number of methoxy groups -OCH3 is 1. The second-order valence-electron chi connectivity index (χ2n) is 7.02. The molecule has 0 radical (unpaired) electrons. The van der Waals surface area contributed by atoms with Gasteiger partial charge in [-0.05, 0) is 48.9 Å². The Bertz CT molecular complexity index is 1320. The van der Waals surface area contributed by atoms with Gasteiger partial charge in [-0.1, -0.05) is 23.9 Å². The van der Waals surface area contributed by atoms with E-state index in [1.54, 1.807) is 7.11 Å². The molecule has 4 rings (SSSR count). The molecular weight excluding hydrogens is 442 g/mol. The fraction of sp³-hybridized carbons (Fsp3) is 0.217. The van der Waals surface area contributed by atoms with Crippen LogP contribution in [0.25, 0.3) is 17.0 Å². The number of nitrogens with zero attached hydrogens (tertiary/aromatic N) is 3. The van der Waals surface area contributed by atoms with Gasteiger partial charge >= 0.3 is 0 Å². The van der Waals surface area contributed by atoms with E-state index in [4.69, 9.17) is 9.47 Å². The van der Waals surface area contributed by atoms with E-state index in [0.29, 0.717) is 29.8 Å². The Morgan fingerprint density at radius 3 is 2.70 bits per heavy atom. The number of carbonyl (C=O) groups is 1. The van der Waals surface area contributed by atoms with Gasteiger partial charge in [0.25, 0.3) is 5.56 Å². The Labute approximate surface area is 194 Å². The number of hydrogen-bond donors (Lipinski definition) is 2. The van der Waals surface area contributed by atoms with Crippen molar-refractivity contribution in [2.75, 3.05) is 19.5 Å². The van der Waals surface area contributed by atoms with Crippen LogP contribution >= 0.6 is 11.8 Å². The molecular formula is C23H23N5O4S. The number of thioether (sulfide) groups is 1. The van der Waals surface area contributed by atoms with Crippen LogP contribution in [0.3, 0.4) is 0 Å². The van der Waals surface area contributed by atoms with E-state index < -0.39 is 0 Å². The molecule has 0 aliphatic heterocycles. The van der Waals surface area contributed by atoms with E-state index in [2.05, 4.69) is 20.4 Å². The Morgan fingerprint density at radius 2 is 1.94 bits per heavy atom. The lowest BCUT2D eigenvalue weighted by atomic mass is 10.2. The number of amides is 1. The standard InChI is InChI=1S/C23H23N5O4S/c1-3-32-17-9-7-16(8-10-17)22-25-19-12-20(29)27-28(19)23(26-22)33-14-21(30)24-13-15-5-4-6-18(11-15)31-2/h4-12H,3,13-14H2,1-2H3,(H,24,30)(H,27,29). The highest BCUT2D eigenvalue weighted by molar-refractivity contribution is 7.99. The van der Waals surface area contributed by atoms with Gasteiger partial charge in [-0.15, -0.1) is 0 Å². The molecule has 2 N–H and O–H groups in total. The van der Waals surface area contributed by atoms with Gasteiger partial charge in [-0.3, -0.25) is 14.7 Å². The van der Waals surface area contributed by atoms with Crippen molar-refractivity contribution < 1.29 is 14.3 Å². The molecule has 0 unspecified atom stereocenters. The average molecular weight is 466 g/mol. The first-order valence-corrected chi connectivity index (χ1v) is 11.3. The van der Waals surface area contributed by atoms with Crippen LogP contribution in [-0.2, 0) is 11.3 Å². The summed E-state index contributed by atoms with van der Waals surface area (Å²) in [5.41, 5.74) is 1.85. The minimum absolute atomic E-state index is 0.124. The van der Waals surface area contributed by atoms with Gasteiger partial charge in [0.05, 0.1) is 19.5 Å². The molecule has 4 aromatic rings. The Balaban J connectivity index is 1.49. The van der Waals surface area contributed by atoms with Gasteiger partial charge in [0, 0.05) is 18.2 Å². The number of nitrogens with one attached hydrogen (secondary N) is 2. The maximum absolute atomic E-state index is 12.4. The van der Waals surface area contributed by atoms with Crippen LogP contribution in [0.5, 0.6) is 11.5 Å². The fourth-order valence-electron chi connectivity index (χ4n) is 3.14. The third-order valence-corrected chi connectivity index (χ3v) is 5.64. The van der Waals surface area contributed by atoms with Gasteiger partial charge in [0.1, 0.15) is 11.5 Å². The Morgan fingerprint density at radius 1 is 1.12 bits per heavy atom. The number of ether oxygens (including phenoxy) is 2. The summed E-state index contributed by atoms with van der Waals surface area (Å²) in [7, 11) is 1.60. The van der Waals surface area contributed by atoms with Crippen molar-refractivity contribution in [3.05, 3.63) is 70.5 Å². The van der Waals surface area contributed by atoms with Crippen molar-refractivity contribution in [3.63, 3.8) is 0 Å². The van der Waals surface area contributed by atoms with E-state index in [1.165, 1.54) is 22.3 Å². The van der Waals surface area contributed by atoms with Crippen LogP contribution in [0.2, 0.25) is 0 Å². The predicted octanol–water partition coefficient (Wildman–Crippen LogP) is 2.90. The van der Waals surface area contributed by atoms with Crippen LogP contribution in [0.1, 0.15) is 12.5 Å². The number of benzene rings is 2. The number of fused-ring (bicyclic) bond motifs is 1. The maximum Gasteiger partial charge on any atom is 0.266 e. The molecule has 10 heteroatoms. The first-order chi connectivity index (χ1) is 16.1. The van der Waals surface area contributed by atoms with Gasteiger partial charge in [0.15, 0.2) is 16.6 Å². The normalized spacial score (nSPS) is 10.8. The topological polar surface area (TPSA) is 111 Å². The second-order valence-corrected chi connectivity index (χ2v) is 7.96. The molecule has 0 atom stereocenters. The SMILES string of the molecule is CCOc1ccc(-c2nc(SCC(=O)NCc3cccc(OC)c3)n3[nH]c(=O)cc3n2)cc1. The van der Waals surface area contributed by atoms with Crippen molar-refractivity contribution in [2.45, 2.75) is 18.6 Å². The lowest BCUT2D eigenvalue weighted by Gasteiger charge is -2.09. The van der Waals surface area contributed by atoms with E-state index in [0.717, 1.165) is 22.6 Å². The molecule has 170 valence electrons. The number of carbonyl (C=O) groups excluding carboxylic acids is 1. The third kappa shape index (κ3) is 5.53. The first-order valence-electron chi connectivity index (χ1n) is 10.3. The Hall–Kier alpha value is -3.79. The van der Waals surface area contributed by atoms with Crippen molar-refractivity contribution >= 4 is 23.3 Å². The van der Waals surface area contributed by atoms with Crippen LogP contribution in [-0.4, -0.2) is 45.0 Å². The predicted molar refractivity (Wildman–Crippen MR) is 126 cm³/mol. The smallest absolute Gasteiger partial charge is 0.266 e. The molecule has 0 spiro atoms. The monoisotopic (exact) mass is 465 g/mol. The third-order valence-electron chi connectivity index (χ3n) is 4.70. The first kappa shape index (κ1) is 22.4. The molecule has 0 saturated carbocycles. The molecule has 0 aliphatic carbocycles. The molecule has 0 bridgehead atoms. The summed E-state index contributed by atoms with van der Waals surface area (Å²) in [4.78, 5) is 33.4. The summed E-state index contributed by atoms with van der Waals surface area (Å²) in [5, 5.41) is 6.02. The van der Waals surface area contributed by atoms with E-state index >= 15 is 0 Å². The molecule has 9 nitrogen and oxygen atoms in total. The van der Waals surface area contributed by atoms with Gasteiger partial charge in [0.2, 0.25) is 5.91 Å². The van der Waals surface area contributed by atoms with Crippen molar-refractivity contribution in [2.24, 2.45) is 0 Å². The van der Waals surface area contributed by atoms with Crippen molar-refractivity contribution in [1.82, 2.24) is 24.9 Å². The summed E-state index contributed by atoms with van der Waals surface area (Å²) in [6, 6.07) is 16.3. The highest BCUT2D eigenvalue weighted by Crippen LogP contribution is 2.23. The van der Waals surface area contributed by atoms with Crippen LogP contribution in [0, 0.1) is 0 Å². The minimum Gasteiger partial charge on any atom is -0.497 e. The number of aromatic nitrogens is 4. The zero-order valence-electron chi connectivity index (χ0n) is 18.2. The fourth-order valence-corrected chi connectivity index (χ4v) is 3.92. The zero-order valence-corrected chi connectivity index (χ0v) is 19.0. The molecule has 1 amide bonds. The Kier molecular flexibility index (Phi) is 6.94. The molecule has 0 saturated heterocycles. The molecule has 2 aromatic heterocycles. The van der Waals surface area contributed by atoms with E-state index in [1.807, 2.05) is 55.5 Å². The van der Waals surface area contributed by atoms with E-state index in [9.17, 15) is 9.59 Å². The van der Waals surface area contributed by atoms with Gasteiger partial charge in [-0.2, -0.15) is 0 Å². The lowest BCUT2D eigenvalue weighted by molar-refractivity contribution is -0.118. The second kappa shape index (κ2) is 10.2. The van der Waals surface area contributed by atoms with Gasteiger partial charge in [-0.25, -0.2) is 14.5 Å². The zero-order chi connectivity index (χ0) is 23.2. The molecule has 0 aliphatic rings. The lowest BCUT2D eigenvalue weighted by Crippen LogP contribution is -2.24. The molecule has 2 aromatic carbocycles. The molecule has 2 heterocycles. The summed E-state index contributed by atoms with van der Waals surface area (Å²) >= 11 is 1.21. The quantitative estimate of drug-likeness (QED) is 0.366. The largest absolute Gasteiger partial charge is 0.497 e. The van der Waals surface area contributed by atoms with Crippen LogP contribution in [0.4, 0.5) is 0 Å². The summed E-state index contributed by atoms with van der Waals surface area (Å²) < 4.78 is 12.2. The van der Waals surface area contributed by atoms with E-state index in [-0.39, 0.29) is 17.2 Å². The number of aromatic amines is 1. The minimum atomic E-state index is -0.294. The number of rotatable bonds is 9. The van der Waals surface area contributed by atoms with Crippen LogP contribution < -0.4 is 20.3 Å². The summed E-state index contributed by atoms with van der Waals surface area (Å²) in [5.74, 6) is 1.90.